The second-order valence-corrected chi connectivity index (χ2v) is 6.23. The molecule has 9 heteroatoms. The Morgan fingerprint density at radius 1 is 1.15 bits per heavy atom. The molecule has 0 saturated carbocycles. The van der Waals surface area contributed by atoms with Crippen LogP contribution in [0.4, 0.5) is 0 Å². The number of nitrogens with zero attached hydrogens (tertiary/aromatic N) is 4. The minimum Gasteiger partial charge on any atom is -0.493 e. The van der Waals surface area contributed by atoms with E-state index >= 15 is 0 Å². The lowest BCUT2D eigenvalue weighted by Crippen LogP contribution is -2.29. The summed E-state index contributed by atoms with van der Waals surface area (Å²) in [5, 5.41) is 8.23. The zero-order valence-corrected chi connectivity index (χ0v) is 16.0. The summed E-state index contributed by atoms with van der Waals surface area (Å²) in [5.41, 5.74) is 1.26. The number of methoxy groups -OCH3 is 4. The molecule has 1 aromatic carbocycles. The lowest BCUT2D eigenvalue weighted by atomic mass is 10.1. The Hall–Kier alpha value is -2.81. The highest BCUT2D eigenvalue weighted by Gasteiger charge is 2.30. The molecule has 1 aliphatic rings. The molecular weight excluding hydrogens is 352 g/mol. The topological polar surface area (TPSA) is 87.9 Å². The highest BCUT2D eigenvalue weighted by Crippen LogP contribution is 2.38. The Bertz CT molecular complexity index is 782. The molecule has 3 rings (SSSR count). The van der Waals surface area contributed by atoms with Crippen molar-refractivity contribution in [1.82, 2.24) is 19.9 Å². The van der Waals surface area contributed by atoms with Crippen molar-refractivity contribution in [3.05, 3.63) is 29.6 Å². The number of amides is 1. The highest BCUT2D eigenvalue weighted by molar-refractivity contribution is 5.95. The van der Waals surface area contributed by atoms with Crippen molar-refractivity contribution in [3.63, 3.8) is 0 Å². The molecule has 0 N–H and O–H groups in total. The van der Waals surface area contributed by atoms with Gasteiger partial charge in [0.2, 0.25) is 5.75 Å². The normalized spacial score (nSPS) is 16.4. The van der Waals surface area contributed by atoms with E-state index in [0.29, 0.717) is 42.5 Å². The average molecular weight is 376 g/mol. The second-order valence-electron chi connectivity index (χ2n) is 6.23. The Morgan fingerprint density at radius 3 is 2.44 bits per heavy atom. The zero-order chi connectivity index (χ0) is 19.4. The van der Waals surface area contributed by atoms with Crippen LogP contribution in [0.1, 0.15) is 28.5 Å². The van der Waals surface area contributed by atoms with E-state index in [1.165, 1.54) is 21.3 Å². The molecule has 27 heavy (non-hydrogen) atoms. The maximum Gasteiger partial charge on any atom is 0.254 e. The average Bonchev–Trinajstić information content (AvgIpc) is 3.36. The molecule has 0 radical (unpaired) electrons. The Balaban J connectivity index is 1.76. The Morgan fingerprint density at radius 2 is 1.85 bits per heavy atom. The first-order valence-corrected chi connectivity index (χ1v) is 8.60. The van der Waals surface area contributed by atoms with E-state index < -0.39 is 0 Å². The summed E-state index contributed by atoms with van der Waals surface area (Å²) in [6, 6.07) is 3.43. The van der Waals surface area contributed by atoms with Crippen LogP contribution in [0.25, 0.3) is 0 Å². The lowest BCUT2D eigenvalue weighted by Gasteiger charge is -2.19. The third-order valence-electron chi connectivity index (χ3n) is 4.59. The number of likely N-dealkylation sites (tertiary alicyclic amines) is 1. The zero-order valence-electron chi connectivity index (χ0n) is 16.0. The van der Waals surface area contributed by atoms with Crippen molar-refractivity contribution in [1.29, 1.82) is 0 Å². The van der Waals surface area contributed by atoms with Crippen LogP contribution in [0, 0.1) is 0 Å². The molecule has 0 aliphatic carbocycles. The molecule has 1 amide bonds. The number of carbonyl (C=O) groups is 1. The maximum absolute atomic E-state index is 13.0. The van der Waals surface area contributed by atoms with Gasteiger partial charge in [0.1, 0.15) is 5.69 Å². The van der Waals surface area contributed by atoms with Gasteiger partial charge in [0, 0.05) is 25.8 Å². The van der Waals surface area contributed by atoms with Crippen molar-refractivity contribution in [2.24, 2.45) is 0 Å². The van der Waals surface area contributed by atoms with E-state index in [2.05, 4.69) is 10.3 Å². The van der Waals surface area contributed by atoms with Crippen LogP contribution in [0.15, 0.2) is 18.3 Å². The fourth-order valence-corrected chi connectivity index (χ4v) is 3.24. The van der Waals surface area contributed by atoms with E-state index in [1.807, 2.05) is 6.20 Å². The monoisotopic (exact) mass is 376 g/mol. The molecule has 146 valence electrons. The van der Waals surface area contributed by atoms with E-state index in [1.54, 1.807) is 28.8 Å². The van der Waals surface area contributed by atoms with E-state index in [0.717, 1.165) is 12.1 Å². The summed E-state index contributed by atoms with van der Waals surface area (Å²) < 4.78 is 22.9. The number of aromatic nitrogens is 3. The van der Waals surface area contributed by atoms with E-state index in [4.69, 9.17) is 18.9 Å². The van der Waals surface area contributed by atoms with E-state index in [9.17, 15) is 4.79 Å². The van der Waals surface area contributed by atoms with Gasteiger partial charge in [-0.15, -0.1) is 5.10 Å². The molecule has 2 heterocycles. The number of rotatable bonds is 7. The van der Waals surface area contributed by atoms with Crippen LogP contribution >= 0.6 is 0 Å². The largest absolute Gasteiger partial charge is 0.493 e. The van der Waals surface area contributed by atoms with Gasteiger partial charge in [0.15, 0.2) is 11.5 Å². The minimum absolute atomic E-state index is 0.0889. The van der Waals surface area contributed by atoms with Crippen molar-refractivity contribution in [3.8, 4) is 17.2 Å². The third kappa shape index (κ3) is 3.82. The van der Waals surface area contributed by atoms with Gasteiger partial charge in [-0.2, -0.15) is 0 Å². The van der Waals surface area contributed by atoms with Gasteiger partial charge >= 0.3 is 0 Å². The molecule has 1 aromatic heterocycles. The Kier molecular flexibility index (Phi) is 5.80. The molecule has 2 aromatic rings. The molecule has 1 atom stereocenters. The molecule has 9 nitrogen and oxygen atoms in total. The van der Waals surface area contributed by atoms with Gasteiger partial charge < -0.3 is 23.8 Å². The molecule has 1 saturated heterocycles. The van der Waals surface area contributed by atoms with Crippen LogP contribution in [0.5, 0.6) is 17.2 Å². The SMILES string of the molecule is COCc1cn(C2CCN(C(=O)c3cc(OC)c(OC)c(OC)c3)C2)nn1. The van der Waals surface area contributed by atoms with Gasteiger partial charge in [-0.25, -0.2) is 4.68 Å². The second kappa shape index (κ2) is 8.26. The number of hydrogen-bond acceptors (Lipinski definition) is 7. The number of benzene rings is 1. The van der Waals surface area contributed by atoms with Crippen molar-refractivity contribution in [2.75, 3.05) is 41.5 Å². The summed E-state index contributed by atoms with van der Waals surface area (Å²) in [7, 11) is 6.20. The van der Waals surface area contributed by atoms with Gasteiger partial charge in [-0.3, -0.25) is 4.79 Å². The van der Waals surface area contributed by atoms with Crippen molar-refractivity contribution in [2.45, 2.75) is 19.1 Å². The van der Waals surface area contributed by atoms with Crippen LogP contribution < -0.4 is 14.2 Å². The highest BCUT2D eigenvalue weighted by atomic mass is 16.5. The smallest absolute Gasteiger partial charge is 0.254 e. The first-order valence-electron chi connectivity index (χ1n) is 8.60. The molecule has 0 bridgehead atoms. The first kappa shape index (κ1) is 19.0. The summed E-state index contributed by atoms with van der Waals surface area (Å²) in [6.45, 7) is 1.62. The molecule has 1 unspecified atom stereocenters. The van der Waals surface area contributed by atoms with Gasteiger partial charge in [0.05, 0.1) is 40.2 Å². The van der Waals surface area contributed by atoms with Gasteiger partial charge in [-0.05, 0) is 18.6 Å². The van der Waals surface area contributed by atoms with Crippen molar-refractivity contribution >= 4 is 5.91 Å². The third-order valence-corrected chi connectivity index (χ3v) is 4.59. The lowest BCUT2D eigenvalue weighted by molar-refractivity contribution is 0.0786. The summed E-state index contributed by atoms with van der Waals surface area (Å²) in [6.07, 6.45) is 2.67. The predicted octanol–water partition coefficient (Wildman–Crippen LogP) is 1.54. The van der Waals surface area contributed by atoms with E-state index in [-0.39, 0.29) is 11.9 Å². The summed E-state index contributed by atoms with van der Waals surface area (Å²) in [4.78, 5) is 14.8. The quantitative estimate of drug-likeness (QED) is 0.724. The van der Waals surface area contributed by atoms with Gasteiger partial charge in [-0.1, -0.05) is 5.21 Å². The maximum atomic E-state index is 13.0. The van der Waals surface area contributed by atoms with Crippen LogP contribution in [0.3, 0.4) is 0 Å². The summed E-state index contributed by atoms with van der Waals surface area (Å²) >= 11 is 0. The van der Waals surface area contributed by atoms with Crippen LogP contribution in [-0.4, -0.2) is 67.3 Å². The fourth-order valence-electron chi connectivity index (χ4n) is 3.24. The van der Waals surface area contributed by atoms with Gasteiger partial charge in [0.25, 0.3) is 5.91 Å². The number of ether oxygens (including phenoxy) is 4. The first-order chi connectivity index (χ1) is 13.1. The molecule has 1 aliphatic heterocycles. The molecule has 1 fully saturated rings. The molecular formula is C18H24N4O5. The van der Waals surface area contributed by atoms with Crippen LogP contribution in [-0.2, 0) is 11.3 Å². The standard InChI is InChI=1S/C18H24N4O5/c1-24-11-13-9-22(20-19-13)14-5-6-21(10-14)18(23)12-7-15(25-2)17(27-4)16(8-12)26-3/h7-9,14H,5-6,10-11H2,1-4H3. The number of hydrogen-bond donors (Lipinski definition) is 0. The fraction of sp³-hybridized carbons (Fsp3) is 0.500. The summed E-state index contributed by atoms with van der Waals surface area (Å²) in [5.74, 6) is 1.28. The predicted molar refractivity (Wildman–Crippen MR) is 96.4 cm³/mol. The van der Waals surface area contributed by atoms with Crippen molar-refractivity contribution < 1.29 is 23.7 Å². The molecule has 0 spiro atoms. The Labute approximate surface area is 157 Å². The van der Waals surface area contributed by atoms with Crippen LogP contribution in [0.2, 0.25) is 0 Å². The minimum atomic E-state index is -0.0889. The number of carbonyl (C=O) groups excluding carboxylic acids is 1.